The third kappa shape index (κ3) is 1.91. The van der Waals surface area contributed by atoms with Gasteiger partial charge < -0.3 is 4.57 Å². The first-order valence-electron chi connectivity index (χ1n) is 5.38. The Hall–Kier alpha value is -2.16. The van der Waals surface area contributed by atoms with Gasteiger partial charge in [0.15, 0.2) is 6.29 Å². The monoisotopic (exact) mass is 227 g/mol. The van der Waals surface area contributed by atoms with E-state index in [4.69, 9.17) is 0 Å². The van der Waals surface area contributed by atoms with Crippen molar-refractivity contribution >= 4 is 12.1 Å². The summed E-state index contributed by atoms with van der Waals surface area (Å²) in [5.74, 6) is -0.487. The number of aromatic nitrogens is 1. The standard InChI is InChI=1S/C14H13NO2/c1-10-8-15(12-6-4-3-5-7-12)14(11(10)2)13(17)9-16/h3-9H,1-2H3. The molecule has 0 fully saturated rings. The molecule has 0 amide bonds. The number of hydrogen-bond acceptors (Lipinski definition) is 2. The van der Waals surface area contributed by atoms with Crippen molar-refractivity contribution in [3.63, 3.8) is 0 Å². The summed E-state index contributed by atoms with van der Waals surface area (Å²) in [5, 5.41) is 0. The molecule has 1 aromatic carbocycles. The number of aryl methyl sites for hydroxylation is 1. The largest absolute Gasteiger partial charge is 0.313 e. The minimum atomic E-state index is -0.487. The fraction of sp³-hybridized carbons (Fsp3) is 0.143. The average molecular weight is 227 g/mol. The zero-order valence-corrected chi connectivity index (χ0v) is 9.81. The third-order valence-corrected chi connectivity index (χ3v) is 2.89. The molecule has 0 radical (unpaired) electrons. The van der Waals surface area contributed by atoms with E-state index in [1.54, 1.807) is 4.57 Å². The smallest absolute Gasteiger partial charge is 0.242 e. The summed E-state index contributed by atoms with van der Waals surface area (Å²) >= 11 is 0. The topological polar surface area (TPSA) is 39.1 Å². The molecule has 1 heterocycles. The van der Waals surface area contributed by atoms with Crippen LogP contribution < -0.4 is 0 Å². The molecule has 0 aliphatic heterocycles. The highest BCUT2D eigenvalue weighted by molar-refractivity contribution is 6.33. The molecule has 0 aliphatic carbocycles. The molecule has 2 aromatic rings. The van der Waals surface area contributed by atoms with Crippen LogP contribution in [-0.4, -0.2) is 16.6 Å². The minimum Gasteiger partial charge on any atom is -0.313 e. The van der Waals surface area contributed by atoms with Crippen LogP contribution in [0.1, 0.15) is 21.6 Å². The maximum Gasteiger partial charge on any atom is 0.242 e. The number of nitrogens with zero attached hydrogens (tertiary/aromatic N) is 1. The first-order chi connectivity index (χ1) is 8.15. The minimum absolute atomic E-state index is 0.362. The maximum absolute atomic E-state index is 11.7. The first kappa shape index (κ1) is 11.3. The maximum atomic E-state index is 11.7. The Labute approximate surface area is 99.7 Å². The summed E-state index contributed by atoms with van der Waals surface area (Å²) in [7, 11) is 0. The van der Waals surface area contributed by atoms with Crippen LogP contribution in [0.15, 0.2) is 36.5 Å². The summed E-state index contributed by atoms with van der Waals surface area (Å²) in [4.78, 5) is 22.3. The van der Waals surface area contributed by atoms with Crippen molar-refractivity contribution < 1.29 is 9.59 Å². The number of ketones is 1. The predicted molar refractivity (Wildman–Crippen MR) is 65.6 cm³/mol. The van der Waals surface area contributed by atoms with Crippen molar-refractivity contribution in [3.05, 3.63) is 53.3 Å². The van der Waals surface area contributed by atoms with Gasteiger partial charge in [-0.05, 0) is 37.1 Å². The number of Topliss-reactive ketones (excluding diaryl/α,β-unsaturated/α-hetero) is 1. The SMILES string of the molecule is Cc1cn(-c2ccccc2)c(C(=O)C=O)c1C. The van der Waals surface area contributed by atoms with Crippen LogP contribution in [0.2, 0.25) is 0 Å². The zero-order valence-electron chi connectivity index (χ0n) is 9.81. The first-order valence-corrected chi connectivity index (χ1v) is 5.38. The molecule has 86 valence electrons. The van der Waals surface area contributed by atoms with Crippen molar-refractivity contribution in [3.8, 4) is 5.69 Å². The van der Waals surface area contributed by atoms with E-state index in [1.807, 2.05) is 50.4 Å². The Kier molecular flexibility index (Phi) is 2.91. The molecule has 3 nitrogen and oxygen atoms in total. The van der Waals surface area contributed by atoms with Crippen LogP contribution in [0, 0.1) is 13.8 Å². The lowest BCUT2D eigenvalue weighted by molar-refractivity contribution is -0.104. The van der Waals surface area contributed by atoms with Gasteiger partial charge in [0.2, 0.25) is 5.78 Å². The van der Waals surface area contributed by atoms with Crippen LogP contribution in [0.5, 0.6) is 0 Å². The number of benzene rings is 1. The lowest BCUT2D eigenvalue weighted by atomic mass is 10.1. The van der Waals surface area contributed by atoms with Gasteiger partial charge in [-0.2, -0.15) is 0 Å². The highest BCUT2D eigenvalue weighted by Crippen LogP contribution is 2.20. The number of para-hydroxylation sites is 1. The molecule has 0 bridgehead atoms. The van der Waals surface area contributed by atoms with E-state index in [9.17, 15) is 9.59 Å². The van der Waals surface area contributed by atoms with E-state index >= 15 is 0 Å². The summed E-state index contributed by atoms with van der Waals surface area (Å²) in [6.45, 7) is 3.78. The number of carbonyl (C=O) groups excluding carboxylic acids is 2. The molecule has 0 spiro atoms. The van der Waals surface area contributed by atoms with E-state index in [0.29, 0.717) is 12.0 Å². The number of hydrogen-bond donors (Lipinski definition) is 0. The van der Waals surface area contributed by atoms with Gasteiger partial charge in [0.1, 0.15) is 5.69 Å². The Morgan fingerprint density at radius 3 is 2.41 bits per heavy atom. The van der Waals surface area contributed by atoms with Crippen molar-refractivity contribution in [2.24, 2.45) is 0 Å². The highest BCUT2D eigenvalue weighted by Gasteiger charge is 2.17. The third-order valence-electron chi connectivity index (χ3n) is 2.89. The number of aldehydes is 1. The molecule has 0 aliphatic rings. The van der Waals surface area contributed by atoms with Crippen molar-refractivity contribution in [1.29, 1.82) is 0 Å². The zero-order chi connectivity index (χ0) is 12.4. The second kappa shape index (κ2) is 4.37. The van der Waals surface area contributed by atoms with Crippen molar-refractivity contribution in [2.75, 3.05) is 0 Å². The molecular weight excluding hydrogens is 214 g/mol. The van der Waals surface area contributed by atoms with Crippen LogP contribution in [-0.2, 0) is 4.79 Å². The molecule has 1 aromatic heterocycles. The fourth-order valence-corrected chi connectivity index (χ4v) is 1.87. The summed E-state index contributed by atoms with van der Waals surface area (Å²) in [6.07, 6.45) is 2.24. The molecule has 0 N–H and O–H groups in total. The van der Waals surface area contributed by atoms with Crippen LogP contribution >= 0.6 is 0 Å². The fourth-order valence-electron chi connectivity index (χ4n) is 1.87. The second-order valence-corrected chi connectivity index (χ2v) is 3.97. The second-order valence-electron chi connectivity index (χ2n) is 3.97. The van der Waals surface area contributed by atoms with Crippen LogP contribution in [0.3, 0.4) is 0 Å². The van der Waals surface area contributed by atoms with Gasteiger partial charge >= 0.3 is 0 Å². The Bertz CT molecular complexity index is 567. The van der Waals surface area contributed by atoms with Crippen molar-refractivity contribution in [1.82, 2.24) is 4.57 Å². The molecule has 2 rings (SSSR count). The van der Waals surface area contributed by atoms with E-state index in [0.717, 1.165) is 16.8 Å². The average Bonchev–Trinajstić information content (AvgIpc) is 2.66. The van der Waals surface area contributed by atoms with E-state index in [-0.39, 0.29) is 0 Å². The van der Waals surface area contributed by atoms with E-state index in [2.05, 4.69) is 0 Å². The molecular formula is C14H13NO2. The van der Waals surface area contributed by atoms with E-state index in [1.165, 1.54) is 0 Å². The quantitative estimate of drug-likeness (QED) is 0.459. The molecule has 0 saturated carbocycles. The lowest BCUT2D eigenvalue weighted by Crippen LogP contribution is -2.09. The molecule has 3 heteroatoms. The highest BCUT2D eigenvalue weighted by atomic mass is 16.2. The molecule has 0 atom stereocenters. The lowest BCUT2D eigenvalue weighted by Gasteiger charge is -2.06. The Morgan fingerprint density at radius 1 is 1.18 bits per heavy atom. The van der Waals surface area contributed by atoms with Gasteiger partial charge in [-0.25, -0.2) is 0 Å². The summed E-state index contributed by atoms with van der Waals surface area (Å²) in [5.41, 5.74) is 3.18. The Morgan fingerprint density at radius 2 is 1.82 bits per heavy atom. The summed E-state index contributed by atoms with van der Waals surface area (Å²) < 4.78 is 1.77. The van der Waals surface area contributed by atoms with Crippen LogP contribution in [0.25, 0.3) is 5.69 Å². The van der Waals surface area contributed by atoms with Gasteiger partial charge in [0.25, 0.3) is 0 Å². The molecule has 0 saturated heterocycles. The summed E-state index contributed by atoms with van der Waals surface area (Å²) in [6, 6.07) is 9.51. The predicted octanol–water partition coefficient (Wildman–Crippen LogP) is 2.48. The Balaban J connectivity index is 2.66. The number of rotatable bonds is 3. The van der Waals surface area contributed by atoms with Gasteiger partial charge in [-0.3, -0.25) is 9.59 Å². The van der Waals surface area contributed by atoms with Gasteiger partial charge in [-0.15, -0.1) is 0 Å². The van der Waals surface area contributed by atoms with Gasteiger partial charge in [-0.1, -0.05) is 18.2 Å². The molecule has 17 heavy (non-hydrogen) atoms. The van der Waals surface area contributed by atoms with Crippen molar-refractivity contribution in [2.45, 2.75) is 13.8 Å². The normalized spacial score (nSPS) is 10.2. The van der Waals surface area contributed by atoms with Gasteiger partial charge in [0.05, 0.1) is 0 Å². The van der Waals surface area contributed by atoms with Crippen LogP contribution in [0.4, 0.5) is 0 Å². The van der Waals surface area contributed by atoms with E-state index < -0.39 is 5.78 Å². The van der Waals surface area contributed by atoms with Gasteiger partial charge in [0, 0.05) is 11.9 Å². The number of carbonyl (C=O) groups is 2. The molecule has 0 unspecified atom stereocenters.